The molecule has 0 aromatic heterocycles. The molecule has 0 atom stereocenters. The fraction of sp³-hybridized carbons (Fsp3) is 1.00. The first-order chi connectivity index (χ1) is 8.04. The highest BCUT2D eigenvalue weighted by Gasteiger charge is 2.28. The zero-order valence-electron chi connectivity index (χ0n) is 9.56. The minimum Gasteiger partial charge on any atom is -0.395 e. The van der Waals surface area contributed by atoms with Crippen LogP contribution in [0.3, 0.4) is 0 Å². The van der Waals surface area contributed by atoms with E-state index in [0.29, 0.717) is 0 Å². The first-order valence-electron chi connectivity index (χ1n) is 5.23. The minimum atomic E-state index is -3.89. The maximum Gasteiger partial charge on any atom is 0.282 e. The van der Waals surface area contributed by atoms with E-state index in [1.807, 2.05) is 0 Å². The Kier molecular flexibility index (Phi) is 8.60. The summed E-state index contributed by atoms with van der Waals surface area (Å²) >= 11 is 0. The summed E-state index contributed by atoms with van der Waals surface area (Å²) in [5.41, 5.74) is 0. The molecule has 8 nitrogen and oxygen atoms in total. The lowest BCUT2D eigenvalue weighted by Crippen LogP contribution is -2.48. The summed E-state index contributed by atoms with van der Waals surface area (Å²) in [6.45, 7) is -2.05. The monoisotopic (exact) mass is 272 g/mol. The number of hydrogen-bond donors (Lipinski definition) is 4. The molecule has 4 N–H and O–H groups in total. The van der Waals surface area contributed by atoms with E-state index in [2.05, 4.69) is 0 Å². The first kappa shape index (κ1) is 16.7. The second-order valence-electron chi connectivity index (χ2n) is 3.20. The van der Waals surface area contributed by atoms with Gasteiger partial charge in [-0.1, -0.05) is 0 Å². The lowest BCUT2D eigenvalue weighted by Gasteiger charge is -2.28. The van der Waals surface area contributed by atoms with E-state index in [4.69, 9.17) is 20.4 Å². The zero-order chi connectivity index (χ0) is 13.3. The van der Waals surface area contributed by atoms with Crippen LogP contribution in [-0.2, 0) is 10.2 Å². The van der Waals surface area contributed by atoms with E-state index in [1.165, 1.54) is 0 Å². The Labute approximate surface area is 101 Å². The molecule has 0 fully saturated rings. The van der Waals surface area contributed by atoms with Gasteiger partial charge in [-0.2, -0.15) is 17.0 Å². The summed E-state index contributed by atoms with van der Waals surface area (Å²) in [4.78, 5) is 0. The van der Waals surface area contributed by atoms with Crippen LogP contribution in [0.2, 0.25) is 0 Å². The summed E-state index contributed by atoms with van der Waals surface area (Å²) in [6, 6.07) is 0. The highest BCUT2D eigenvalue weighted by Crippen LogP contribution is 2.07. The van der Waals surface area contributed by atoms with Gasteiger partial charge < -0.3 is 20.4 Å². The maximum atomic E-state index is 12.0. The Morgan fingerprint density at radius 1 is 0.647 bits per heavy atom. The molecule has 0 saturated carbocycles. The van der Waals surface area contributed by atoms with Gasteiger partial charge >= 0.3 is 0 Å². The van der Waals surface area contributed by atoms with Gasteiger partial charge in [0.2, 0.25) is 0 Å². The summed E-state index contributed by atoms with van der Waals surface area (Å²) in [6.07, 6.45) is 0. The van der Waals surface area contributed by atoms with Crippen LogP contribution >= 0.6 is 0 Å². The average Bonchev–Trinajstić information content (AvgIpc) is 2.28. The van der Waals surface area contributed by atoms with Crippen molar-refractivity contribution in [2.45, 2.75) is 0 Å². The molecule has 0 rings (SSSR count). The Balaban J connectivity index is 4.86. The van der Waals surface area contributed by atoms with Crippen molar-refractivity contribution < 1.29 is 28.8 Å². The highest BCUT2D eigenvalue weighted by molar-refractivity contribution is 7.86. The number of nitrogens with zero attached hydrogens (tertiary/aromatic N) is 2. The Hall–Kier alpha value is -0.290. The van der Waals surface area contributed by atoms with Crippen LogP contribution in [0.25, 0.3) is 0 Å². The van der Waals surface area contributed by atoms with Crippen molar-refractivity contribution >= 4 is 10.2 Å². The normalized spacial score (nSPS) is 12.6. The summed E-state index contributed by atoms with van der Waals surface area (Å²) < 4.78 is 25.8. The van der Waals surface area contributed by atoms with Gasteiger partial charge in [0.25, 0.3) is 10.2 Å². The largest absolute Gasteiger partial charge is 0.395 e. The van der Waals surface area contributed by atoms with Crippen LogP contribution < -0.4 is 0 Å². The Morgan fingerprint density at radius 2 is 0.882 bits per heavy atom. The quantitative estimate of drug-likeness (QED) is 0.332. The molecule has 0 aliphatic rings. The van der Waals surface area contributed by atoms with Crippen molar-refractivity contribution in [2.75, 3.05) is 52.6 Å². The Bertz CT molecular complexity index is 250. The topological polar surface area (TPSA) is 122 Å². The van der Waals surface area contributed by atoms with Gasteiger partial charge in [0.05, 0.1) is 26.4 Å². The van der Waals surface area contributed by atoms with Crippen LogP contribution in [0.4, 0.5) is 0 Å². The van der Waals surface area contributed by atoms with Gasteiger partial charge in [-0.3, -0.25) is 0 Å². The van der Waals surface area contributed by atoms with E-state index < -0.39 is 10.2 Å². The van der Waals surface area contributed by atoms with E-state index in [0.717, 1.165) is 8.61 Å². The van der Waals surface area contributed by atoms with Crippen molar-refractivity contribution in [3.8, 4) is 0 Å². The molecule has 9 heteroatoms. The molecule has 0 heterocycles. The van der Waals surface area contributed by atoms with Crippen molar-refractivity contribution in [1.82, 2.24) is 8.61 Å². The van der Waals surface area contributed by atoms with Gasteiger partial charge in [-0.05, 0) is 0 Å². The van der Waals surface area contributed by atoms with Gasteiger partial charge in [0.1, 0.15) is 0 Å². The summed E-state index contributed by atoms with van der Waals surface area (Å²) in [5.74, 6) is 0. The maximum absolute atomic E-state index is 12.0. The number of hydrogen-bond acceptors (Lipinski definition) is 6. The molecule has 0 spiro atoms. The molecule has 0 unspecified atom stereocenters. The van der Waals surface area contributed by atoms with E-state index in [1.54, 1.807) is 0 Å². The van der Waals surface area contributed by atoms with Gasteiger partial charge in [0, 0.05) is 26.2 Å². The molecule has 0 amide bonds. The minimum absolute atomic E-state index is 0.143. The summed E-state index contributed by atoms with van der Waals surface area (Å²) in [5, 5.41) is 35.1. The molecule has 17 heavy (non-hydrogen) atoms. The molecule has 0 aliphatic carbocycles. The van der Waals surface area contributed by atoms with Crippen molar-refractivity contribution in [2.24, 2.45) is 0 Å². The molecule has 0 aromatic rings. The third-order valence-corrected chi connectivity index (χ3v) is 4.09. The average molecular weight is 272 g/mol. The smallest absolute Gasteiger partial charge is 0.282 e. The molecular formula is C8H20N2O6S. The standard InChI is InChI=1S/C8H20N2O6S/c11-5-1-9(2-6-12)17(15,16)10(3-7-13)4-8-14/h11-14H,1-8H2. The predicted octanol–water partition coefficient (Wildman–Crippen LogP) is -3.20. The lowest BCUT2D eigenvalue weighted by molar-refractivity contribution is 0.189. The lowest BCUT2D eigenvalue weighted by atomic mass is 10.6. The van der Waals surface area contributed by atoms with Crippen LogP contribution in [-0.4, -0.2) is 90.1 Å². The third-order valence-electron chi connectivity index (χ3n) is 2.05. The van der Waals surface area contributed by atoms with Crippen LogP contribution in [0.5, 0.6) is 0 Å². The van der Waals surface area contributed by atoms with Gasteiger partial charge in [-0.15, -0.1) is 0 Å². The third kappa shape index (κ3) is 5.25. The van der Waals surface area contributed by atoms with E-state index in [9.17, 15) is 8.42 Å². The fourth-order valence-electron chi connectivity index (χ4n) is 1.29. The number of aliphatic hydroxyl groups is 4. The van der Waals surface area contributed by atoms with Crippen molar-refractivity contribution in [1.29, 1.82) is 0 Å². The summed E-state index contributed by atoms with van der Waals surface area (Å²) in [7, 11) is -3.89. The fourth-order valence-corrected chi connectivity index (χ4v) is 2.87. The van der Waals surface area contributed by atoms with Gasteiger partial charge in [0.15, 0.2) is 0 Å². The molecule has 0 radical (unpaired) electrons. The zero-order valence-corrected chi connectivity index (χ0v) is 10.4. The van der Waals surface area contributed by atoms with Crippen LogP contribution in [0.1, 0.15) is 0 Å². The highest BCUT2D eigenvalue weighted by atomic mass is 32.2. The molecule has 0 aromatic carbocycles. The molecule has 104 valence electrons. The second-order valence-corrected chi connectivity index (χ2v) is 5.13. The molecule has 0 aliphatic heterocycles. The van der Waals surface area contributed by atoms with Gasteiger partial charge in [-0.25, -0.2) is 0 Å². The van der Waals surface area contributed by atoms with E-state index in [-0.39, 0.29) is 52.6 Å². The van der Waals surface area contributed by atoms with E-state index >= 15 is 0 Å². The van der Waals surface area contributed by atoms with Crippen LogP contribution in [0, 0.1) is 0 Å². The van der Waals surface area contributed by atoms with Crippen LogP contribution in [0.15, 0.2) is 0 Å². The first-order valence-corrected chi connectivity index (χ1v) is 6.63. The number of aliphatic hydroxyl groups excluding tert-OH is 4. The molecule has 0 saturated heterocycles. The number of rotatable bonds is 10. The van der Waals surface area contributed by atoms with Crippen molar-refractivity contribution in [3.63, 3.8) is 0 Å². The predicted molar refractivity (Wildman–Crippen MR) is 60.4 cm³/mol. The molecule has 0 bridgehead atoms. The SMILES string of the molecule is O=S(=O)(N(CCO)CCO)N(CCO)CCO. The second kappa shape index (κ2) is 8.75. The van der Waals surface area contributed by atoms with Crippen molar-refractivity contribution in [3.05, 3.63) is 0 Å². The molecular weight excluding hydrogens is 252 g/mol. The Morgan fingerprint density at radius 3 is 1.06 bits per heavy atom.